The molecule has 1 N–H and O–H groups in total. The molecule has 4 rings (SSSR count). The van der Waals surface area contributed by atoms with Crippen LogP contribution in [0.15, 0.2) is 36.4 Å². The third kappa shape index (κ3) is 5.50. The number of amides is 2. The molecule has 2 aliphatic rings. The summed E-state index contributed by atoms with van der Waals surface area (Å²) in [5, 5.41) is 2.62. The summed E-state index contributed by atoms with van der Waals surface area (Å²) in [6.07, 6.45) is -4.82. The van der Waals surface area contributed by atoms with E-state index in [1.54, 1.807) is 0 Å². The Bertz CT molecular complexity index is 1250. The molecule has 204 valence electrons. The van der Waals surface area contributed by atoms with E-state index < -0.39 is 64.7 Å². The number of methoxy groups -OCH3 is 1. The third-order valence-corrected chi connectivity index (χ3v) is 6.76. The summed E-state index contributed by atoms with van der Waals surface area (Å²) in [4.78, 5) is 39.9. The first-order valence-electron chi connectivity index (χ1n) is 11.8. The van der Waals surface area contributed by atoms with E-state index in [1.165, 1.54) is 36.3 Å². The van der Waals surface area contributed by atoms with Crippen LogP contribution in [0.3, 0.4) is 0 Å². The minimum atomic E-state index is -5.09. The van der Waals surface area contributed by atoms with Gasteiger partial charge in [-0.1, -0.05) is 13.0 Å². The first kappa shape index (κ1) is 27.5. The summed E-state index contributed by atoms with van der Waals surface area (Å²) in [5.41, 5.74) is -1.88. The predicted molar refractivity (Wildman–Crippen MR) is 123 cm³/mol. The van der Waals surface area contributed by atoms with Crippen LogP contribution in [0.4, 0.5) is 22.0 Å². The van der Waals surface area contributed by atoms with Crippen LogP contribution in [0.1, 0.15) is 51.2 Å². The van der Waals surface area contributed by atoms with Gasteiger partial charge in [0.05, 0.1) is 37.5 Å². The van der Waals surface area contributed by atoms with Crippen LogP contribution in [0.25, 0.3) is 0 Å². The zero-order valence-corrected chi connectivity index (χ0v) is 20.5. The number of benzene rings is 2. The van der Waals surface area contributed by atoms with Gasteiger partial charge in [-0.15, -0.1) is 0 Å². The summed E-state index contributed by atoms with van der Waals surface area (Å²) < 4.78 is 78.0. The number of rotatable bonds is 6. The normalized spacial score (nSPS) is 20.6. The molecular formula is C26H25F5N2O5. The number of carbonyl (C=O) groups excluding carboxylic acids is 3. The van der Waals surface area contributed by atoms with Gasteiger partial charge in [-0.05, 0) is 42.7 Å². The van der Waals surface area contributed by atoms with E-state index in [2.05, 4.69) is 10.1 Å². The molecule has 0 spiro atoms. The molecule has 2 aromatic rings. The van der Waals surface area contributed by atoms with Crippen LogP contribution in [0.5, 0.6) is 0 Å². The molecule has 3 atom stereocenters. The van der Waals surface area contributed by atoms with Crippen LogP contribution in [0.2, 0.25) is 0 Å². The number of nitrogens with one attached hydrogen (secondary N) is 1. The molecule has 0 radical (unpaired) electrons. The Morgan fingerprint density at radius 3 is 2.37 bits per heavy atom. The lowest BCUT2D eigenvalue weighted by atomic mass is 9.89. The number of ether oxygens (including phenoxy) is 2. The summed E-state index contributed by atoms with van der Waals surface area (Å²) in [5.74, 6) is -5.39. The van der Waals surface area contributed by atoms with Crippen molar-refractivity contribution in [1.82, 2.24) is 10.2 Å². The van der Waals surface area contributed by atoms with Crippen LogP contribution in [-0.2, 0) is 20.4 Å². The Kier molecular flexibility index (Phi) is 7.73. The van der Waals surface area contributed by atoms with Crippen molar-refractivity contribution in [3.05, 3.63) is 70.3 Å². The molecule has 2 fully saturated rings. The van der Waals surface area contributed by atoms with Crippen molar-refractivity contribution < 1.29 is 45.8 Å². The fourth-order valence-electron chi connectivity index (χ4n) is 4.74. The Balaban J connectivity index is 1.60. The minimum Gasteiger partial charge on any atom is -0.465 e. The Morgan fingerprint density at radius 1 is 1.08 bits per heavy atom. The highest BCUT2D eigenvalue weighted by Gasteiger charge is 2.42. The highest BCUT2D eigenvalue weighted by molar-refractivity contribution is 6.00. The van der Waals surface area contributed by atoms with E-state index >= 15 is 0 Å². The number of carbonyl (C=O) groups is 3. The number of hydrogen-bond acceptors (Lipinski definition) is 5. The van der Waals surface area contributed by atoms with Crippen molar-refractivity contribution in [2.45, 2.75) is 31.6 Å². The van der Waals surface area contributed by atoms with Gasteiger partial charge in [0.15, 0.2) is 0 Å². The average Bonchev–Trinajstić information content (AvgIpc) is 3.23. The molecule has 2 aliphatic heterocycles. The number of likely N-dealkylation sites (tertiary alicyclic amines) is 1. The molecule has 2 aromatic carbocycles. The van der Waals surface area contributed by atoms with Gasteiger partial charge in [-0.2, -0.15) is 13.2 Å². The van der Waals surface area contributed by atoms with E-state index in [0.717, 1.165) is 0 Å². The highest BCUT2D eigenvalue weighted by atomic mass is 19.4. The van der Waals surface area contributed by atoms with Crippen molar-refractivity contribution in [3.8, 4) is 0 Å². The maximum Gasteiger partial charge on any atom is 0.419 e. The molecule has 0 saturated carbocycles. The molecule has 0 unspecified atom stereocenters. The van der Waals surface area contributed by atoms with Crippen LogP contribution >= 0.6 is 0 Å². The van der Waals surface area contributed by atoms with Crippen molar-refractivity contribution >= 4 is 17.8 Å². The second-order valence-electron chi connectivity index (χ2n) is 9.52. The number of hydrogen-bond donors (Lipinski definition) is 1. The lowest BCUT2D eigenvalue weighted by molar-refractivity contribution is -0.140. The van der Waals surface area contributed by atoms with Gasteiger partial charge in [0, 0.05) is 23.6 Å². The van der Waals surface area contributed by atoms with Crippen molar-refractivity contribution in [1.29, 1.82) is 0 Å². The maximum atomic E-state index is 14.8. The van der Waals surface area contributed by atoms with Crippen molar-refractivity contribution in [2.24, 2.45) is 11.8 Å². The molecule has 2 saturated heterocycles. The van der Waals surface area contributed by atoms with Gasteiger partial charge < -0.3 is 19.7 Å². The maximum absolute atomic E-state index is 14.8. The monoisotopic (exact) mass is 540 g/mol. The van der Waals surface area contributed by atoms with E-state index in [1.807, 2.05) is 6.92 Å². The van der Waals surface area contributed by atoms with Gasteiger partial charge in [0.1, 0.15) is 17.7 Å². The SMILES string of the molecule is COC(=O)c1cccc(C(=O)N2C[C@H](C)C[C@@H]2C(=O)N[C@@H](c2cc(F)c(C(F)(F)F)cc2F)C2COC2)c1. The second kappa shape index (κ2) is 10.7. The zero-order chi connectivity index (χ0) is 27.8. The van der Waals surface area contributed by atoms with E-state index in [9.17, 15) is 36.3 Å². The molecule has 2 amide bonds. The quantitative estimate of drug-likeness (QED) is 0.440. The standard InChI is InChI=1S/C26H25F5N2O5/c1-13-6-21(33(10-13)24(35)14-4-3-5-15(7-14)25(36)37-2)23(34)32-22(16-11-38-12-16)17-8-20(28)18(9-19(17)27)26(29,30)31/h3-5,7-9,13,16,21-22H,6,10-12H2,1-2H3,(H,32,34)/t13-,21-,22-/m1/s1. The molecule has 0 aromatic heterocycles. The first-order chi connectivity index (χ1) is 17.9. The summed E-state index contributed by atoms with van der Waals surface area (Å²) in [7, 11) is 1.20. The molecule has 2 heterocycles. The van der Waals surface area contributed by atoms with E-state index in [4.69, 9.17) is 4.74 Å². The second-order valence-corrected chi connectivity index (χ2v) is 9.52. The van der Waals surface area contributed by atoms with Crippen molar-refractivity contribution in [3.63, 3.8) is 0 Å². The van der Waals surface area contributed by atoms with E-state index in [-0.39, 0.29) is 49.3 Å². The van der Waals surface area contributed by atoms with Gasteiger partial charge >= 0.3 is 12.1 Å². The average molecular weight is 540 g/mol. The molecule has 7 nitrogen and oxygen atoms in total. The lowest BCUT2D eigenvalue weighted by Gasteiger charge is -2.36. The lowest BCUT2D eigenvalue weighted by Crippen LogP contribution is -2.50. The summed E-state index contributed by atoms with van der Waals surface area (Å²) >= 11 is 0. The largest absolute Gasteiger partial charge is 0.465 e. The topological polar surface area (TPSA) is 84.9 Å². The van der Waals surface area contributed by atoms with Crippen LogP contribution in [0, 0.1) is 23.5 Å². The first-order valence-corrected chi connectivity index (χ1v) is 11.8. The fraction of sp³-hybridized carbons (Fsp3) is 0.423. The number of halogens is 5. The minimum absolute atomic E-state index is 0.0745. The van der Waals surface area contributed by atoms with Gasteiger partial charge in [-0.3, -0.25) is 9.59 Å². The Morgan fingerprint density at radius 2 is 1.76 bits per heavy atom. The van der Waals surface area contributed by atoms with Crippen LogP contribution in [-0.4, -0.2) is 55.6 Å². The van der Waals surface area contributed by atoms with Crippen molar-refractivity contribution in [2.75, 3.05) is 26.9 Å². The zero-order valence-electron chi connectivity index (χ0n) is 20.5. The molecule has 12 heteroatoms. The Hall–Kier alpha value is -3.54. The number of alkyl halides is 3. The number of esters is 1. The van der Waals surface area contributed by atoms with Gasteiger partial charge in [-0.25, -0.2) is 13.6 Å². The summed E-state index contributed by atoms with van der Waals surface area (Å²) in [6, 6.07) is 4.17. The highest BCUT2D eigenvalue weighted by Crippen LogP contribution is 2.37. The smallest absolute Gasteiger partial charge is 0.419 e. The molecular weight excluding hydrogens is 515 g/mol. The predicted octanol–water partition coefficient (Wildman–Crippen LogP) is 4.12. The van der Waals surface area contributed by atoms with Gasteiger partial charge in [0.2, 0.25) is 5.91 Å². The summed E-state index contributed by atoms with van der Waals surface area (Å²) in [6.45, 7) is 2.22. The van der Waals surface area contributed by atoms with Crippen LogP contribution < -0.4 is 5.32 Å². The fourth-order valence-corrected chi connectivity index (χ4v) is 4.74. The molecule has 38 heavy (non-hydrogen) atoms. The third-order valence-electron chi connectivity index (χ3n) is 6.76. The number of nitrogens with zero attached hydrogens (tertiary/aromatic N) is 1. The van der Waals surface area contributed by atoms with E-state index in [0.29, 0.717) is 6.07 Å². The van der Waals surface area contributed by atoms with Gasteiger partial charge in [0.25, 0.3) is 5.91 Å². The molecule has 0 aliphatic carbocycles. The Labute approximate surface area is 214 Å². The molecule has 0 bridgehead atoms.